The van der Waals surface area contributed by atoms with Crippen LogP contribution in [0.4, 0.5) is 0 Å². The second kappa shape index (κ2) is 6.88. The monoisotopic (exact) mass is 250 g/mol. The van der Waals surface area contributed by atoms with Crippen molar-refractivity contribution in [3.63, 3.8) is 0 Å². The highest BCUT2D eigenvalue weighted by Gasteiger charge is 2.27. The Bertz CT molecular complexity index is 340. The van der Waals surface area contributed by atoms with E-state index in [0.29, 0.717) is 12.5 Å². The summed E-state index contributed by atoms with van der Waals surface area (Å²) >= 11 is 0. The van der Waals surface area contributed by atoms with Crippen LogP contribution >= 0.6 is 0 Å². The van der Waals surface area contributed by atoms with E-state index < -0.39 is 5.54 Å². The zero-order chi connectivity index (χ0) is 13.6. The van der Waals surface area contributed by atoms with Crippen LogP contribution in [0, 0.1) is 5.92 Å². The van der Waals surface area contributed by atoms with Crippen molar-refractivity contribution in [3.8, 4) is 0 Å². The van der Waals surface area contributed by atoms with Gasteiger partial charge in [-0.1, -0.05) is 44.2 Å². The van der Waals surface area contributed by atoms with Gasteiger partial charge in [-0.3, -0.25) is 0 Å². The lowest BCUT2D eigenvalue weighted by atomic mass is 9.91. The van der Waals surface area contributed by atoms with E-state index in [1.54, 1.807) is 0 Å². The molecule has 1 atom stereocenters. The molecular weight excluding hydrogens is 224 g/mol. The van der Waals surface area contributed by atoms with E-state index in [0.717, 1.165) is 18.5 Å². The van der Waals surface area contributed by atoms with Crippen LogP contribution in [0.2, 0.25) is 0 Å². The summed E-state index contributed by atoms with van der Waals surface area (Å²) < 4.78 is 0. The molecule has 1 aromatic carbocycles. The Morgan fingerprint density at radius 3 is 2.39 bits per heavy atom. The van der Waals surface area contributed by atoms with E-state index in [1.807, 2.05) is 30.3 Å². The molecule has 0 aliphatic rings. The Morgan fingerprint density at radius 1 is 1.28 bits per heavy atom. The highest BCUT2D eigenvalue weighted by molar-refractivity contribution is 5.24. The van der Waals surface area contributed by atoms with Gasteiger partial charge in [0.15, 0.2) is 0 Å². The topological polar surface area (TPSA) is 49.5 Å². The number of rotatable bonds is 7. The fourth-order valence-corrected chi connectivity index (χ4v) is 2.04. The highest BCUT2D eigenvalue weighted by Crippen LogP contribution is 2.19. The molecule has 0 heterocycles. The Kier molecular flexibility index (Phi) is 5.79. The molecule has 0 saturated heterocycles. The van der Waals surface area contributed by atoms with Gasteiger partial charge in [0.25, 0.3) is 0 Å². The van der Waals surface area contributed by atoms with Crippen LogP contribution in [0.25, 0.3) is 0 Å². The molecule has 3 N–H and O–H groups in total. The molecule has 0 amide bonds. The van der Waals surface area contributed by atoms with Gasteiger partial charge in [0.1, 0.15) is 0 Å². The van der Waals surface area contributed by atoms with Gasteiger partial charge >= 0.3 is 0 Å². The lowest BCUT2D eigenvalue weighted by Gasteiger charge is -2.32. The van der Waals surface area contributed by atoms with Crippen molar-refractivity contribution in [2.24, 2.45) is 11.7 Å². The molecule has 0 radical (unpaired) electrons. The number of nitrogens with zero attached hydrogens (tertiary/aromatic N) is 1. The number of nitrogens with two attached hydrogens (primary N) is 1. The number of likely N-dealkylation sites (N-methyl/N-ethyl adjacent to an activating group) is 1. The van der Waals surface area contributed by atoms with Crippen LogP contribution < -0.4 is 5.73 Å². The molecule has 0 spiro atoms. The molecule has 18 heavy (non-hydrogen) atoms. The smallest absolute Gasteiger partial charge is 0.0772 e. The van der Waals surface area contributed by atoms with E-state index in [-0.39, 0.29) is 6.61 Å². The molecule has 1 rings (SSSR count). The van der Waals surface area contributed by atoms with Crippen LogP contribution in [0.1, 0.15) is 25.8 Å². The summed E-state index contributed by atoms with van der Waals surface area (Å²) in [4.78, 5) is 2.20. The first-order valence-corrected chi connectivity index (χ1v) is 6.62. The quantitative estimate of drug-likeness (QED) is 0.776. The number of benzene rings is 1. The summed E-state index contributed by atoms with van der Waals surface area (Å²) in [5.41, 5.74) is 6.65. The van der Waals surface area contributed by atoms with Crippen molar-refractivity contribution in [1.29, 1.82) is 0 Å². The maximum absolute atomic E-state index is 9.61. The van der Waals surface area contributed by atoms with Crippen LogP contribution in [0.15, 0.2) is 30.3 Å². The largest absolute Gasteiger partial charge is 0.394 e. The maximum atomic E-state index is 9.61. The third-order valence-corrected chi connectivity index (χ3v) is 3.27. The fraction of sp³-hybridized carbons (Fsp3) is 0.600. The van der Waals surface area contributed by atoms with E-state index >= 15 is 0 Å². The predicted octanol–water partition coefficient (Wildman–Crippen LogP) is 1.81. The first-order valence-electron chi connectivity index (χ1n) is 6.62. The Balaban J connectivity index is 2.65. The lowest BCUT2D eigenvalue weighted by molar-refractivity contribution is 0.147. The number of aliphatic hydroxyl groups excluding tert-OH is 1. The third-order valence-electron chi connectivity index (χ3n) is 3.27. The average Bonchev–Trinajstić information content (AvgIpc) is 2.37. The summed E-state index contributed by atoms with van der Waals surface area (Å²) in [6.07, 6.45) is 1.15. The van der Waals surface area contributed by atoms with Crippen molar-refractivity contribution >= 4 is 0 Å². The molecule has 0 aliphatic carbocycles. The molecule has 102 valence electrons. The SMILES string of the molecule is CC(C)CCN(C)CC(N)(CO)c1ccccc1. The Hall–Kier alpha value is -0.900. The van der Waals surface area contributed by atoms with Gasteiger partial charge < -0.3 is 15.7 Å². The molecule has 3 nitrogen and oxygen atoms in total. The second-order valence-electron chi connectivity index (χ2n) is 5.60. The molecule has 1 unspecified atom stereocenters. The van der Waals surface area contributed by atoms with Gasteiger partial charge in [0.05, 0.1) is 12.1 Å². The van der Waals surface area contributed by atoms with Crippen molar-refractivity contribution in [2.75, 3.05) is 26.7 Å². The molecule has 3 heteroatoms. The number of aliphatic hydroxyl groups is 1. The molecule has 1 aromatic rings. The minimum atomic E-state index is -0.674. The minimum absolute atomic E-state index is 0.0387. The maximum Gasteiger partial charge on any atom is 0.0772 e. The minimum Gasteiger partial charge on any atom is -0.394 e. The highest BCUT2D eigenvalue weighted by atomic mass is 16.3. The van der Waals surface area contributed by atoms with Crippen LogP contribution in [0.3, 0.4) is 0 Å². The molecule has 0 fully saturated rings. The summed E-state index contributed by atoms with van der Waals surface area (Å²) in [7, 11) is 2.06. The van der Waals surface area contributed by atoms with Crippen LogP contribution in [-0.4, -0.2) is 36.8 Å². The fourth-order valence-electron chi connectivity index (χ4n) is 2.04. The predicted molar refractivity (Wildman–Crippen MR) is 76.3 cm³/mol. The lowest BCUT2D eigenvalue weighted by Crippen LogP contribution is -2.49. The standard InChI is InChI=1S/C15H26N2O/c1-13(2)9-10-17(3)11-15(16,12-18)14-7-5-4-6-8-14/h4-8,13,18H,9-12,16H2,1-3H3. The number of hydrogen-bond donors (Lipinski definition) is 2. The Morgan fingerprint density at radius 2 is 1.89 bits per heavy atom. The third kappa shape index (κ3) is 4.41. The Labute approximate surface area is 111 Å². The number of hydrogen-bond acceptors (Lipinski definition) is 3. The van der Waals surface area contributed by atoms with E-state index in [1.165, 1.54) is 0 Å². The summed E-state index contributed by atoms with van der Waals surface area (Å²) in [5.74, 6) is 0.686. The van der Waals surface area contributed by atoms with Gasteiger partial charge in [0, 0.05) is 6.54 Å². The van der Waals surface area contributed by atoms with Gasteiger partial charge in [-0.05, 0) is 31.5 Å². The first-order chi connectivity index (χ1) is 8.48. The van der Waals surface area contributed by atoms with Crippen LogP contribution in [-0.2, 0) is 5.54 Å². The zero-order valence-corrected chi connectivity index (χ0v) is 11.8. The van der Waals surface area contributed by atoms with Gasteiger partial charge in [-0.2, -0.15) is 0 Å². The van der Waals surface area contributed by atoms with Crippen molar-refractivity contribution < 1.29 is 5.11 Å². The molecule has 0 aromatic heterocycles. The van der Waals surface area contributed by atoms with Gasteiger partial charge in [0.2, 0.25) is 0 Å². The van der Waals surface area contributed by atoms with Crippen molar-refractivity contribution in [1.82, 2.24) is 4.90 Å². The van der Waals surface area contributed by atoms with Gasteiger partial charge in [-0.15, -0.1) is 0 Å². The molecular formula is C15H26N2O. The summed E-state index contributed by atoms with van der Waals surface area (Å²) in [5, 5.41) is 9.61. The van der Waals surface area contributed by atoms with Crippen LogP contribution in [0.5, 0.6) is 0 Å². The first kappa shape index (κ1) is 15.2. The molecule has 0 aliphatic heterocycles. The van der Waals surface area contributed by atoms with Gasteiger partial charge in [-0.25, -0.2) is 0 Å². The zero-order valence-electron chi connectivity index (χ0n) is 11.8. The van der Waals surface area contributed by atoms with Crippen molar-refractivity contribution in [3.05, 3.63) is 35.9 Å². The van der Waals surface area contributed by atoms with Crippen molar-refractivity contribution in [2.45, 2.75) is 25.8 Å². The van der Waals surface area contributed by atoms with E-state index in [2.05, 4.69) is 25.8 Å². The second-order valence-corrected chi connectivity index (χ2v) is 5.60. The van der Waals surface area contributed by atoms with E-state index in [4.69, 9.17) is 5.73 Å². The van der Waals surface area contributed by atoms with E-state index in [9.17, 15) is 5.11 Å². The average molecular weight is 250 g/mol. The molecule has 0 saturated carbocycles. The molecule has 0 bridgehead atoms. The summed E-state index contributed by atoms with van der Waals surface area (Å²) in [6, 6.07) is 9.84. The normalized spacial score (nSPS) is 15.1. The summed E-state index contributed by atoms with van der Waals surface area (Å²) in [6.45, 7) is 6.06.